The highest BCUT2D eigenvalue weighted by molar-refractivity contribution is 7.86. The van der Waals surface area contributed by atoms with E-state index in [1.165, 1.54) is 0 Å². The minimum Gasteiger partial charge on any atom is -0.507 e. The molecule has 0 saturated heterocycles. The summed E-state index contributed by atoms with van der Waals surface area (Å²) in [4.78, 5) is -1.14. The molecule has 5 aromatic carbocycles. The first-order valence-corrected chi connectivity index (χ1v) is 19.6. The molecular weight excluding hydrogens is 727 g/mol. The molecule has 11 nitrogen and oxygen atoms in total. The molecule has 7 rings (SSSR count). The number of para-hydroxylation sites is 2. The second-order valence-electron chi connectivity index (χ2n) is 12.8. The molecule has 0 unspecified atom stereocenters. The van der Waals surface area contributed by atoms with E-state index in [2.05, 4.69) is 4.57 Å². The molecule has 0 saturated carbocycles. The van der Waals surface area contributed by atoms with Gasteiger partial charge in [-0.15, -0.1) is 0 Å². The number of thiazole rings is 1. The highest BCUT2D eigenvalue weighted by Crippen LogP contribution is 2.40. The summed E-state index contributed by atoms with van der Waals surface area (Å²) in [5, 5.41) is 46.9. The average molecular weight is 759 g/mol. The molecule has 8 bridgehead atoms. The van der Waals surface area contributed by atoms with Crippen LogP contribution < -0.4 is 4.57 Å². The van der Waals surface area contributed by atoms with E-state index in [9.17, 15) is 46.4 Å². The largest absolute Gasteiger partial charge is 0.507 e. The van der Waals surface area contributed by atoms with Crippen molar-refractivity contribution < 1.29 is 50.9 Å². The van der Waals surface area contributed by atoms with Crippen LogP contribution in [0.25, 0.3) is 22.4 Å². The maximum absolute atomic E-state index is 12.4. The molecule has 1 aliphatic rings. The smallest absolute Gasteiger partial charge is 0.294 e. The van der Waals surface area contributed by atoms with Crippen LogP contribution in [-0.4, -0.2) is 46.4 Å². The van der Waals surface area contributed by atoms with E-state index in [1.807, 2.05) is 43.5 Å². The Labute approximate surface area is 303 Å². The van der Waals surface area contributed by atoms with Crippen molar-refractivity contribution in [1.82, 2.24) is 0 Å². The Hall–Kier alpha value is -5.25. The third-order valence-electron chi connectivity index (χ3n) is 9.29. The van der Waals surface area contributed by atoms with Crippen molar-refractivity contribution >= 4 is 53.9 Å². The van der Waals surface area contributed by atoms with Crippen LogP contribution in [0.5, 0.6) is 23.0 Å². The van der Waals surface area contributed by atoms with Gasteiger partial charge in [-0.3, -0.25) is 9.11 Å². The number of fused-ring (bicyclic) bond motifs is 9. The van der Waals surface area contributed by atoms with Crippen LogP contribution in [0.4, 0.5) is 0 Å². The first-order valence-electron chi connectivity index (χ1n) is 15.9. The Morgan fingerprint density at radius 2 is 0.962 bits per heavy atom. The highest BCUT2D eigenvalue weighted by atomic mass is 32.2. The fourth-order valence-electron chi connectivity index (χ4n) is 6.63. The quantitative estimate of drug-likeness (QED) is 0.0932. The van der Waals surface area contributed by atoms with Gasteiger partial charge in [0, 0.05) is 60.1 Å². The molecule has 0 spiro atoms. The molecule has 0 radical (unpaired) electrons. The van der Waals surface area contributed by atoms with Crippen molar-refractivity contribution in [3.63, 3.8) is 0 Å². The van der Waals surface area contributed by atoms with Gasteiger partial charge < -0.3 is 20.4 Å². The SMILES string of the molecule is C[n+]1c(/C=C/c2cc3c(O)c(c2)Cc2cc(S(=O)(=O)O)cc(c2O)Cc2cc(S(=O)(=O)O)cc(c2O)Cc2cccc(c2O)C3)sc2ccccc21. The molecule has 52 heavy (non-hydrogen) atoms. The Morgan fingerprint density at radius 1 is 0.558 bits per heavy atom. The second-order valence-corrected chi connectivity index (χ2v) is 16.7. The summed E-state index contributed by atoms with van der Waals surface area (Å²) < 4.78 is 72.6. The van der Waals surface area contributed by atoms with Gasteiger partial charge in [0.1, 0.15) is 34.7 Å². The third-order valence-corrected chi connectivity index (χ3v) is 12.1. The zero-order chi connectivity index (χ0) is 37.1. The Kier molecular flexibility index (Phi) is 8.83. The van der Waals surface area contributed by atoms with Gasteiger partial charge in [-0.05, 0) is 76.4 Å². The van der Waals surface area contributed by atoms with E-state index >= 15 is 0 Å². The zero-order valence-electron chi connectivity index (χ0n) is 27.5. The summed E-state index contributed by atoms with van der Waals surface area (Å²) in [5.41, 5.74) is 2.98. The van der Waals surface area contributed by atoms with Crippen molar-refractivity contribution in [1.29, 1.82) is 0 Å². The standard InChI is InChI=1S/C38H31NO10S3/c1-39-32-7-2-3-8-33(32)50-34(39)10-9-21-11-24-13-22-5-4-6-23(35(22)40)14-26-17-30(51(44,45)46)19-28(37(26)42)16-29-20-31(52(47,48)49)18-27(38(29)43)15-25(12-21)36(24)41/h2-12,17-20H,13-16H2,1H3,(H5,40,42,43,44,45,46,47,48,49)/p+1. The van der Waals surface area contributed by atoms with Crippen molar-refractivity contribution in [3.8, 4) is 23.0 Å². The molecule has 6 N–H and O–H groups in total. The van der Waals surface area contributed by atoms with Gasteiger partial charge in [0.2, 0.25) is 5.52 Å². The van der Waals surface area contributed by atoms with E-state index in [0.29, 0.717) is 27.8 Å². The molecule has 0 atom stereocenters. The monoisotopic (exact) mass is 758 g/mol. The summed E-state index contributed by atoms with van der Waals surface area (Å²) in [6, 6.07) is 20.5. The molecule has 6 aromatic rings. The molecule has 0 fully saturated rings. The lowest BCUT2D eigenvalue weighted by Gasteiger charge is -2.18. The maximum atomic E-state index is 12.4. The van der Waals surface area contributed by atoms with Crippen molar-refractivity contribution in [2.75, 3.05) is 0 Å². The van der Waals surface area contributed by atoms with Crippen LogP contribution in [-0.2, 0) is 53.0 Å². The lowest BCUT2D eigenvalue weighted by Crippen LogP contribution is -2.28. The van der Waals surface area contributed by atoms with Crippen LogP contribution in [0.1, 0.15) is 55.1 Å². The topological polar surface area (TPSA) is 194 Å². The first kappa shape index (κ1) is 35.2. The minimum atomic E-state index is -4.83. The summed E-state index contributed by atoms with van der Waals surface area (Å²) in [6.07, 6.45) is 3.01. The van der Waals surface area contributed by atoms with Crippen LogP contribution >= 0.6 is 11.3 Å². The second kappa shape index (κ2) is 13.1. The van der Waals surface area contributed by atoms with Crippen LogP contribution in [0.3, 0.4) is 0 Å². The van der Waals surface area contributed by atoms with E-state index in [-0.39, 0.29) is 53.0 Å². The Bertz CT molecular complexity index is 2700. The van der Waals surface area contributed by atoms with Crippen LogP contribution in [0.15, 0.2) is 88.7 Å². The number of hydrogen-bond donors (Lipinski definition) is 6. The summed E-state index contributed by atoms with van der Waals surface area (Å²) in [5.74, 6) is -1.12. The van der Waals surface area contributed by atoms with Crippen LogP contribution in [0.2, 0.25) is 0 Å². The number of rotatable bonds is 4. The van der Waals surface area contributed by atoms with Gasteiger partial charge in [0.05, 0.1) is 9.79 Å². The van der Waals surface area contributed by atoms with E-state index in [0.717, 1.165) is 39.5 Å². The van der Waals surface area contributed by atoms with E-state index in [1.54, 1.807) is 41.7 Å². The number of benzene rings is 5. The van der Waals surface area contributed by atoms with Crippen molar-refractivity contribution in [2.45, 2.75) is 35.5 Å². The lowest BCUT2D eigenvalue weighted by molar-refractivity contribution is -0.642. The highest BCUT2D eigenvalue weighted by Gasteiger charge is 2.24. The minimum absolute atomic E-state index is 0.00555. The van der Waals surface area contributed by atoms with E-state index < -0.39 is 47.9 Å². The molecule has 1 aliphatic carbocycles. The Morgan fingerprint density at radius 3 is 1.40 bits per heavy atom. The normalized spacial score (nSPS) is 13.5. The number of nitrogens with zero attached hydrogens (tertiary/aromatic N) is 1. The number of hydrogen-bond acceptors (Lipinski definition) is 9. The first-order chi connectivity index (χ1) is 24.6. The average Bonchev–Trinajstić information content (AvgIpc) is 3.40. The number of aromatic hydroxyl groups is 4. The predicted octanol–water partition coefficient (Wildman–Crippen LogP) is 5.89. The molecule has 0 amide bonds. The van der Waals surface area contributed by atoms with Crippen molar-refractivity contribution in [2.24, 2.45) is 7.05 Å². The number of aromatic nitrogens is 1. The van der Waals surface area contributed by atoms with Gasteiger partial charge in [-0.1, -0.05) is 41.7 Å². The number of phenols is 4. The maximum Gasteiger partial charge on any atom is 0.294 e. The summed E-state index contributed by atoms with van der Waals surface area (Å²) in [6.45, 7) is 0. The van der Waals surface area contributed by atoms with Gasteiger partial charge in [-0.25, -0.2) is 0 Å². The number of phenolic OH excluding ortho intramolecular Hbond substituents is 4. The van der Waals surface area contributed by atoms with Crippen LogP contribution in [0, 0.1) is 0 Å². The fraction of sp³-hybridized carbons (Fsp3) is 0.132. The van der Waals surface area contributed by atoms with Gasteiger partial charge in [-0.2, -0.15) is 21.4 Å². The summed E-state index contributed by atoms with van der Waals surface area (Å²) >= 11 is 1.59. The Balaban J connectivity index is 1.45. The van der Waals surface area contributed by atoms with Gasteiger partial charge >= 0.3 is 0 Å². The predicted molar refractivity (Wildman–Crippen MR) is 195 cm³/mol. The lowest BCUT2D eigenvalue weighted by atomic mass is 9.90. The van der Waals surface area contributed by atoms with Crippen molar-refractivity contribution in [3.05, 3.63) is 134 Å². The zero-order valence-corrected chi connectivity index (χ0v) is 29.9. The number of aryl methyl sites for hydroxylation is 1. The molecule has 0 aliphatic heterocycles. The molecule has 1 aromatic heterocycles. The molecule has 266 valence electrons. The molecule has 1 heterocycles. The van der Waals surface area contributed by atoms with E-state index in [4.69, 9.17) is 0 Å². The van der Waals surface area contributed by atoms with Gasteiger partial charge in [0.25, 0.3) is 25.2 Å². The summed E-state index contributed by atoms with van der Waals surface area (Å²) in [7, 11) is -7.68. The molecule has 14 heteroatoms. The fourth-order valence-corrected chi connectivity index (χ4v) is 8.85. The molecular formula is C38H32NO10S3+. The third kappa shape index (κ3) is 6.74. The van der Waals surface area contributed by atoms with Gasteiger partial charge in [0.15, 0.2) is 0 Å².